The van der Waals surface area contributed by atoms with Gasteiger partial charge in [0.25, 0.3) is 0 Å². The van der Waals surface area contributed by atoms with E-state index in [2.05, 4.69) is 51.7 Å². The van der Waals surface area contributed by atoms with Crippen molar-refractivity contribution in [3.8, 4) is 11.5 Å². The number of aryl methyl sites for hydroxylation is 3. The highest BCUT2D eigenvalue weighted by atomic mass is 32.2. The summed E-state index contributed by atoms with van der Waals surface area (Å²) < 4.78 is 18.6. The molecule has 27 heavy (non-hydrogen) atoms. The van der Waals surface area contributed by atoms with Gasteiger partial charge in [0.15, 0.2) is 0 Å². The Morgan fingerprint density at radius 1 is 1.11 bits per heavy atom. The maximum absolute atomic E-state index is 12.8. The van der Waals surface area contributed by atoms with Gasteiger partial charge in [-0.1, -0.05) is 32.9 Å². The van der Waals surface area contributed by atoms with Crippen LogP contribution in [0.5, 0.6) is 0 Å². The van der Waals surface area contributed by atoms with Crippen molar-refractivity contribution in [2.45, 2.75) is 58.5 Å². The van der Waals surface area contributed by atoms with E-state index in [0.29, 0.717) is 17.4 Å². The minimum absolute atomic E-state index is 0.114. The van der Waals surface area contributed by atoms with Crippen LogP contribution in [0.2, 0.25) is 0 Å². The van der Waals surface area contributed by atoms with E-state index >= 15 is 0 Å². The Kier molecular flexibility index (Phi) is 5.73. The second-order valence-corrected chi connectivity index (χ2v) is 10.3. The molecule has 1 aromatic carbocycles. The first-order valence-electron chi connectivity index (χ1n) is 9.09. The lowest BCUT2D eigenvalue weighted by atomic mass is 9.84. The maximum Gasteiger partial charge on any atom is 0.227 e. The molecule has 0 saturated heterocycles. The van der Waals surface area contributed by atoms with E-state index in [1.807, 2.05) is 23.8 Å². The predicted molar refractivity (Wildman–Crippen MR) is 115 cm³/mol. The third-order valence-electron chi connectivity index (χ3n) is 4.83. The lowest BCUT2D eigenvalue weighted by molar-refractivity contribution is 0.540. The lowest BCUT2D eigenvalue weighted by Crippen LogP contribution is -2.13. The van der Waals surface area contributed by atoms with Crippen LogP contribution in [0.1, 0.15) is 54.5 Å². The molecule has 0 saturated carbocycles. The van der Waals surface area contributed by atoms with Gasteiger partial charge in [-0.25, -0.2) is 4.98 Å². The van der Waals surface area contributed by atoms with Crippen molar-refractivity contribution in [3.63, 3.8) is 0 Å². The number of hydrogen-bond acceptors (Lipinski definition) is 4. The maximum atomic E-state index is 12.8. The average Bonchev–Trinajstić information content (AvgIpc) is 3.20. The van der Waals surface area contributed by atoms with Crippen LogP contribution in [-0.4, -0.2) is 9.19 Å². The zero-order chi connectivity index (χ0) is 19.8. The molecule has 0 N–H and O–H groups in total. The van der Waals surface area contributed by atoms with Gasteiger partial charge in [0.05, 0.1) is 11.4 Å². The summed E-state index contributed by atoms with van der Waals surface area (Å²) in [5.74, 6) is 2.32. The summed E-state index contributed by atoms with van der Waals surface area (Å²) >= 11 is 1.61. The summed E-state index contributed by atoms with van der Waals surface area (Å²) in [4.78, 5) is 4.57. The molecule has 144 valence electrons. The first kappa shape index (κ1) is 20.0. The lowest BCUT2D eigenvalue weighted by Gasteiger charge is -2.22. The minimum atomic E-state index is -1.03. The predicted octanol–water partition coefficient (Wildman–Crippen LogP) is 6.07. The summed E-state index contributed by atoms with van der Waals surface area (Å²) in [7, 11) is -1.03. The third kappa shape index (κ3) is 4.58. The SMILES string of the molecule is Cc1cc(C(C)(C)C)cc(C)c1CS(=O)Cc1nc(-c2ccsc2)oc1C. The minimum Gasteiger partial charge on any atom is -0.441 e. The monoisotopic (exact) mass is 401 g/mol. The smallest absolute Gasteiger partial charge is 0.227 e. The molecule has 2 heterocycles. The van der Waals surface area contributed by atoms with E-state index in [9.17, 15) is 4.21 Å². The standard InChI is InChI=1S/C22H27NO2S2/c1-14-9-18(22(4,5)6)10-15(2)19(14)12-27(24)13-20-16(3)25-21(23-20)17-7-8-26-11-17/h7-11H,12-13H2,1-6H3. The van der Waals surface area contributed by atoms with Gasteiger partial charge in [0, 0.05) is 27.5 Å². The number of thiophene rings is 1. The fourth-order valence-corrected chi connectivity index (χ4v) is 5.17. The molecule has 0 aliphatic carbocycles. The number of nitrogens with zero attached hydrogens (tertiary/aromatic N) is 1. The van der Waals surface area contributed by atoms with Gasteiger partial charge in [-0.05, 0) is 59.9 Å². The van der Waals surface area contributed by atoms with E-state index in [0.717, 1.165) is 17.0 Å². The molecule has 0 aliphatic heterocycles. The molecule has 3 rings (SSSR count). The molecule has 0 bridgehead atoms. The summed E-state index contributed by atoms with van der Waals surface area (Å²) in [6.45, 7) is 12.8. The van der Waals surface area contributed by atoms with Gasteiger partial charge in [0.1, 0.15) is 5.76 Å². The van der Waals surface area contributed by atoms with E-state index in [-0.39, 0.29) is 5.41 Å². The molecule has 0 fully saturated rings. The Morgan fingerprint density at radius 2 is 1.78 bits per heavy atom. The Labute approximate surface area is 168 Å². The largest absolute Gasteiger partial charge is 0.441 e. The quantitative estimate of drug-likeness (QED) is 0.521. The molecule has 0 radical (unpaired) electrons. The van der Waals surface area contributed by atoms with Crippen LogP contribution in [0, 0.1) is 20.8 Å². The van der Waals surface area contributed by atoms with Gasteiger partial charge >= 0.3 is 0 Å². The molecular weight excluding hydrogens is 374 g/mol. The molecule has 1 unspecified atom stereocenters. The molecule has 3 aromatic rings. The van der Waals surface area contributed by atoms with Gasteiger partial charge in [-0.15, -0.1) is 0 Å². The zero-order valence-electron chi connectivity index (χ0n) is 16.9. The highest BCUT2D eigenvalue weighted by Gasteiger charge is 2.19. The molecule has 0 spiro atoms. The van der Waals surface area contributed by atoms with Crippen LogP contribution < -0.4 is 0 Å². The van der Waals surface area contributed by atoms with E-state index < -0.39 is 10.8 Å². The van der Waals surface area contributed by atoms with Crippen molar-refractivity contribution < 1.29 is 8.63 Å². The van der Waals surface area contributed by atoms with Crippen LogP contribution in [0.15, 0.2) is 33.4 Å². The third-order valence-corrected chi connectivity index (χ3v) is 6.72. The van der Waals surface area contributed by atoms with Crippen LogP contribution in [0.4, 0.5) is 0 Å². The molecular formula is C22H27NO2S2. The van der Waals surface area contributed by atoms with E-state index in [1.165, 1.54) is 22.3 Å². The number of hydrogen-bond donors (Lipinski definition) is 0. The van der Waals surface area contributed by atoms with Crippen LogP contribution in [0.3, 0.4) is 0 Å². The number of aromatic nitrogens is 1. The highest BCUT2D eigenvalue weighted by Crippen LogP contribution is 2.28. The number of oxazole rings is 1. The van der Waals surface area contributed by atoms with Crippen molar-refractivity contribution in [1.82, 2.24) is 4.98 Å². The van der Waals surface area contributed by atoms with Crippen molar-refractivity contribution in [2.75, 3.05) is 0 Å². The van der Waals surface area contributed by atoms with Crippen molar-refractivity contribution >= 4 is 22.1 Å². The summed E-state index contributed by atoms with van der Waals surface area (Å²) in [5.41, 5.74) is 6.80. The zero-order valence-corrected chi connectivity index (χ0v) is 18.5. The Balaban J connectivity index is 1.77. The van der Waals surface area contributed by atoms with Crippen LogP contribution >= 0.6 is 11.3 Å². The number of benzene rings is 1. The summed E-state index contributed by atoms with van der Waals surface area (Å²) in [6, 6.07) is 6.45. The van der Waals surface area contributed by atoms with Crippen molar-refractivity contribution in [2.24, 2.45) is 0 Å². The topological polar surface area (TPSA) is 43.1 Å². The van der Waals surface area contributed by atoms with E-state index in [1.54, 1.807) is 11.3 Å². The normalized spacial score (nSPS) is 13.1. The Bertz CT molecular complexity index is 940. The van der Waals surface area contributed by atoms with Crippen LogP contribution in [0.25, 0.3) is 11.5 Å². The highest BCUT2D eigenvalue weighted by molar-refractivity contribution is 7.83. The van der Waals surface area contributed by atoms with Crippen molar-refractivity contribution in [3.05, 3.63) is 62.7 Å². The molecule has 0 amide bonds. The fourth-order valence-electron chi connectivity index (χ4n) is 3.09. The molecule has 5 heteroatoms. The molecule has 2 aromatic heterocycles. The first-order valence-corrected chi connectivity index (χ1v) is 11.5. The summed E-state index contributed by atoms with van der Waals surface area (Å²) in [5, 5.41) is 4.01. The Hall–Kier alpha value is -1.72. The summed E-state index contributed by atoms with van der Waals surface area (Å²) in [6.07, 6.45) is 0. The molecule has 0 aliphatic rings. The molecule has 1 atom stereocenters. The van der Waals surface area contributed by atoms with Gasteiger partial charge in [-0.2, -0.15) is 11.3 Å². The van der Waals surface area contributed by atoms with Gasteiger partial charge in [-0.3, -0.25) is 4.21 Å². The Morgan fingerprint density at radius 3 is 2.33 bits per heavy atom. The fraction of sp³-hybridized carbons (Fsp3) is 0.409. The average molecular weight is 402 g/mol. The molecule has 3 nitrogen and oxygen atoms in total. The van der Waals surface area contributed by atoms with E-state index in [4.69, 9.17) is 4.42 Å². The van der Waals surface area contributed by atoms with Gasteiger partial charge in [0.2, 0.25) is 5.89 Å². The van der Waals surface area contributed by atoms with Crippen molar-refractivity contribution in [1.29, 1.82) is 0 Å². The van der Waals surface area contributed by atoms with Gasteiger partial charge < -0.3 is 4.42 Å². The number of rotatable bonds is 5. The van der Waals surface area contributed by atoms with Crippen LogP contribution in [-0.2, 0) is 27.7 Å². The first-order chi connectivity index (χ1) is 12.6. The second-order valence-electron chi connectivity index (χ2n) is 8.10. The second kappa shape index (κ2) is 7.72.